The van der Waals surface area contributed by atoms with Gasteiger partial charge in [-0.3, -0.25) is 0 Å². The number of fused-ring (bicyclic) bond motifs is 4. The van der Waals surface area contributed by atoms with Gasteiger partial charge in [-0.05, 0) is 65.2 Å². The van der Waals surface area contributed by atoms with Gasteiger partial charge in [-0.15, -0.1) is 0 Å². The van der Waals surface area contributed by atoms with Gasteiger partial charge in [-0.2, -0.15) is 0 Å². The predicted molar refractivity (Wildman–Crippen MR) is 128 cm³/mol. The first-order chi connectivity index (χ1) is 15.6. The Kier molecular flexibility index (Phi) is 4.12. The van der Waals surface area contributed by atoms with Crippen molar-refractivity contribution in [3.05, 3.63) is 103 Å². The first-order valence-electron chi connectivity index (χ1n) is 10.7. The number of hydrogen-bond donors (Lipinski definition) is 0. The second-order valence-electron chi connectivity index (χ2n) is 8.32. The summed E-state index contributed by atoms with van der Waals surface area (Å²) in [5.41, 5.74) is 6.03. The molecule has 0 amide bonds. The number of pyridine rings is 1. The van der Waals surface area contributed by atoms with Crippen LogP contribution in [0.4, 0.5) is 4.39 Å². The van der Waals surface area contributed by atoms with Gasteiger partial charge in [0.1, 0.15) is 24.0 Å². The molecular formula is C29H21FNO+. The van der Waals surface area contributed by atoms with Gasteiger partial charge in [-0.25, -0.2) is 8.96 Å². The quantitative estimate of drug-likeness (QED) is 0.269. The van der Waals surface area contributed by atoms with E-state index in [-0.39, 0.29) is 5.82 Å². The Balaban J connectivity index is 1.63. The summed E-state index contributed by atoms with van der Waals surface area (Å²) in [4.78, 5) is 0. The van der Waals surface area contributed by atoms with Gasteiger partial charge < -0.3 is 4.42 Å². The zero-order valence-electron chi connectivity index (χ0n) is 17.9. The summed E-state index contributed by atoms with van der Waals surface area (Å²) in [7, 11) is 2.03. The zero-order valence-corrected chi connectivity index (χ0v) is 17.9. The van der Waals surface area contributed by atoms with Crippen molar-refractivity contribution >= 4 is 32.7 Å². The highest BCUT2D eigenvalue weighted by atomic mass is 19.1. The Morgan fingerprint density at radius 3 is 2.44 bits per heavy atom. The van der Waals surface area contributed by atoms with Crippen molar-refractivity contribution in [1.82, 2.24) is 0 Å². The van der Waals surface area contributed by atoms with Crippen LogP contribution in [-0.4, -0.2) is 0 Å². The minimum Gasteiger partial charge on any atom is -0.455 e. The number of rotatable bonds is 2. The average Bonchev–Trinajstić information content (AvgIpc) is 3.16. The lowest BCUT2D eigenvalue weighted by Gasteiger charge is -2.06. The molecule has 0 saturated heterocycles. The second-order valence-corrected chi connectivity index (χ2v) is 8.32. The number of nitrogens with zero attached hydrogens (tertiary/aromatic N) is 1. The summed E-state index contributed by atoms with van der Waals surface area (Å²) in [5, 5.41) is 4.13. The number of aryl methyl sites for hydroxylation is 2. The maximum absolute atomic E-state index is 15.1. The smallest absolute Gasteiger partial charge is 0.212 e. The molecule has 154 valence electrons. The van der Waals surface area contributed by atoms with Gasteiger partial charge in [0.15, 0.2) is 6.20 Å². The van der Waals surface area contributed by atoms with Crippen molar-refractivity contribution in [3.8, 4) is 22.4 Å². The standard InChI is InChI=1S/C29H21FNO/c1-18-15-24-22-12-13-25(30)28(21-11-10-19-7-3-4-8-20(19)16-21)29(22)32-27(24)17-23(18)26-9-5-6-14-31(26)2/h3-17H,1-2H3/q+1. The van der Waals surface area contributed by atoms with Crippen molar-refractivity contribution in [2.24, 2.45) is 7.05 Å². The third-order valence-electron chi connectivity index (χ3n) is 6.30. The van der Waals surface area contributed by atoms with Crippen LogP contribution in [0.3, 0.4) is 0 Å². The topological polar surface area (TPSA) is 17.0 Å². The van der Waals surface area contributed by atoms with Crippen LogP contribution in [0.2, 0.25) is 0 Å². The molecule has 0 aliphatic rings. The molecule has 0 saturated carbocycles. The van der Waals surface area contributed by atoms with Crippen LogP contribution in [0, 0.1) is 12.7 Å². The first kappa shape index (κ1) is 18.8. The van der Waals surface area contributed by atoms with Gasteiger partial charge in [0.05, 0.1) is 11.1 Å². The lowest BCUT2D eigenvalue weighted by Crippen LogP contribution is -2.30. The van der Waals surface area contributed by atoms with Crippen molar-refractivity contribution in [2.45, 2.75) is 6.92 Å². The molecule has 0 aliphatic carbocycles. The molecule has 2 aromatic heterocycles. The highest BCUT2D eigenvalue weighted by molar-refractivity contribution is 6.11. The Labute approximate surface area is 185 Å². The molecule has 4 aromatic carbocycles. The van der Waals surface area contributed by atoms with Crippen molar-refractivity contribution in [3.63, 3.8) is 0 Å². The van der Waals surface area contributed by atoms with Crippen molar-refractivity contribution in [1.29, 1.82) is 0 Å². The Bertz CT molecular complexity index is 1660. The molecule has 2 heterocycles. The molecular weight excluding hydrogens is 397 g/mol. The molecule has 6 rings (SSSR count). The highest BCUT2D eigenvalue weighted by Crippen LogP contribution is 2.40. The van der Waals surface area contributed by atoms with Crippen LogP contribution < -0.4 is 4.57 Å². The van der Waals surface area contributed by atoms with Crippen molar-refractivity contribution < 1.29 is 13.4 Å². The van der Waals surface area contributed by atoms with E-state index in [0.717, 1.165) is 49.5 Å². The summed E-state index contributed by atoms with van der Waals surface area (Å²) in [6.07, 6.45) is 2.03. The number of benzene rings is 4. The molecule has 0 fully saturated rings. The highest BCUT2D eigenvalue weighted by Gasteiger charge is 2.20. The third-order valence-corrected chi connectivity index (χ3v) is 6.30. The monoisotopic (exact) mass is 418 g/mol. The summed E-state index contributed by atoms with van der Waals surface area (Å²) in [6, 6.07) is 27.9. The van der Waals surface area contributed by atoms with Crippen molar-refractivity contribution in [2.75, 3.05) is 0 Å². The molecule has 0 bridgehead atoms. The Morgan fingerprint density at radius 2 is 1.59 bits per heavy atom. The van der Waals surface area contributed by atoms with E-state index in [9.17, 15) is 0 Å². The molecule has 0 spiro atoms. The molecule has 2 nitrogen and oxygen atoms in total. The van der Waals surface area contributed by atoms with E-state index in [1.165, 1.54) is 0 Å². The fourth-order valence-electron chi connectivity index (χ4n) is 4.66. The van der Waals surface area contributed by atoms with E-state index in [1.807, 2.05) is 67.8 Å². The molecule has 3 heteroatoms. The molecule has 6 aromatic rings. The van der Waals surface area contributed by atoms with E-state index in [1.54, 1.807) is 6.07 Å². The molecule has 0 radical (unpaired) electrons. The van der Waals surface area contributed by atoms with E-state index in [4.69, 9.17) is 4.42 Å². The molecule has 0 N–H and O–H groups in total. The second kappa shape index (κ2) is 7.03. The van der Waals surface area contributed by atoms with E-state index < -0.39 is 0 Å². The minimum absolute atomic E-state index is 0.279. The Morgan fingerprint density at radius 1 is 0.781 bits per heavy atom. The van der Waals surface area contributed by atoms with Gasteiger partial charge in [-0.1, -0.05) is 36.4 Å². The molecule has 32 heavy (non-hydrogen) atoms. The average molecular weight is 418 g/mol. The first-order valence-corrected chi connectivity index (χ1v) is 10.7. The molecule has 0 unspecified atom stereocenters. The third kappa shape index (κ3) is 2.82. The van der Waals surface area contributed by atoms with Crippen LogP contribution in [0.5, 0.6) is 0 Å². The van der Waals surface area contributed by atoms with Gasteiger partial charge in [0.2, 0.25) is 5.69 Å². The summed E-state index contributed by atoms with van der Waals surface area (Å²) < 4.78 is 23.6. The molecule has 0 aliphatic heterocycles. The summed E-state index contributed by atoms with van der Waals surface area (Å²) in [5.74, 6) is -0.279. The van der Waals surface area contributed by atoms with Crippen LogP contribution >= 0.6 is 0 Å². The van der Waals surface area contributed by atoms with Crippen LogP contribution in [0.15, 0.2) is 95.5 Å². The Hall–Kier alpha value is -3.98. The van der Waals surface area contributed by atoms with E-state index in [0.29, 0.717) is 11.1 Å². The summed E-state index contributed by atoms with van der Waals surface area (Å²) in [6.45, 7) is 2.11. The maximum Gasteiger partial charge on any atom is 0.212 e. The maximum atomic E-state index is 15.1. The van der Waals surface area contributed by atoms with E-state index in [2.05, 4.69) is 35.8 Å². The molecule has 0 atom stereocenters. The zero-order chi connectivity index (χ0) is 21.8. The van der Waals surface area contributed by atoms with Crippen LogP contribution in [0.25, 0.3) is 55.1 Å². The fraction of sp³-hybridized carbons (Fsp3) is 0.0690. The van der Waals surface area contributed by atoms with Crippen LogP contribution in [0.1, 0.15) is 5.56 Å². The normalized spacial score (nSPS) is 11.6. The number of furan rings is 1. The number of hydrogen-bond acceptors (Lipinski definition) is 1. The lowest BCUT2D eigenvalue weighted by atomic mass is 9.97. The lowest BCUT2D eigenvalue weighted by molar-refractivity contribution is -0.660. The number of halogens is 1. The van der Waals surface area contributed by atoms with Crippen LogP contribution in [-0.2, 0) is 7.05 Å². The minimum atomic E-state index is -0.279. The fourth-order valence-corrected chi connectivity index (χ4v) is 4.66. The SMILES string of the molecule is Cc1cc2c(cc1-c1cccc[n+]1C)oc1c(-c3ccc4ccccc4c3)c(F)ccc12. The van der Waals surface area contributed by atoms with Gasteiger partial charge in [0, 0.05) is 22.9 Å². The van der Waals surface area contributed by atoms with Gasteiger partial charge in [0.25, 0.3) is 0 Å². The largest absolute Gasteiger partial charge is 0.455 e. The number of aromatic nitrogens is 1. The predicted octanol–water partition coefficient (Wildman–Crippen LogP) is 7.35. The van der Waals surface area contributed by atoms with Gasteiger partial charge >= 0.3 is 0 Å². The summed E-state index contributed by atoms with van der Waals surface area (Å²) >= 11 is 0. The van der Waals surface area contributed by atoms with E-state index >= 15 is 4.39 Å².